The Hall–Kier alpha value is -2.11. The number of allylic oxidation sites excluding steroid dienone is 4. The Morgan fingerprint density at radius 2 is 0.530 bits per heavy atom. The van der Waals surface area contributed by atoms with Crippen molar-refractivity contribution in [3.8, 4) is 0 Å². The van der Waals surface area contributed by atoms with Gasteiger partial charge in [-0.25, -0.2) is 0 Å². The van der Waals surface area contributed by atoms with Gasteiger partial charge in [0, 0.05) is 19.3 Å². The van der Waals surface area contributed by atoms with Crippen LogP contribution >= 0.6 is 0 Å². The lowest BCUT2D eigenvalue weighted by Crippen LogP contribution is -2.30. The van der Waals surface area contributed by atoms with Crippen molar-refractivity contribution in [2.45, 2.75) is 329 Å². The number of carbonyl (C=O) groups excluding carboxylic acids is 3. The van der Waals surface area contributed by atoms with Gasteiger partial charge >= 0.3 is 17.9 Å². The maximum atomic E-state index is 12.8. The molecule has 0 saturated carbocycles. The lowest BCUT2D eigenvalue weighted by atomic mass is 10.0. The summed E-state index contributed by atoms with van der Waals surface area (Å²) in [6.07, 6.45) is 64.7. The SMILES string of the molecule is CCC/C=C\CCCCCCCC(=O)OCC(COC(=O)CCCCCCCCCCC/C=C\CCCCCCCCCC)OC(=O)CCCCCCCCCCCCCCCCCCC. The third-order valence-corrected chi connectivity index (χ3v) is 13.2. The van der Waals surface area contributed by atoms with Crippen molar-refractivity contribution in [3.05, 3.63) is 24.3 Å². The van der Waals surface area contributed by atoms with Crippen molar-refractivity contribution in [2.24, 2.45) is 0 Å². The van der Waals surface area contributed by atoms with E-state index in [4.69, 9.17) is 14.2 Å². The maximum Gasteiger partial charge on any atom is 0.306 e. The predicted molar refractivity (Wildman–Crippen MR) is 284 cm³/mol. The first kappa shape index (κ1) is 63.9. The molecular formula is C60H112O6. The molecule has 6 nitrogen and oxygen atoms in total. The van der Waals surface area contributed by atoms with Gasteiger partial charge in [-0.3, -0.25) is 14.4 Å². The molecule has 388 valence electrons. The summed E-state index contributed by atoms with van der Waals surface area (Å²) in [6, 6.07) is 0. The topological polar surface area (TPSA) is 78.9 Å². The molecule has 1 atom stereocenters. The molecule has 1 unspecified atom stereocenters. The molecule has 0 spiro atoms. The van der Waals surface area contributed by atoms with Crippen LogP contribution in [0.15, 0.2) is 24.3 Å². The number of hydrogen-bond acceptors (Lipinski definition) is 6. The highest BCUT2D eigenvalue weighted by Crippen LogP contribution is 2.17. The van der Waals surface area contributed by atoms with Gasteiger partial charge in [0.2, 0.25) is 0 Å². The van der Waals surface area contributed by atoms with Gasteiger partial charge in [-0.05, 0) is 64.2 Å². The van der Waals surface area contributed by atoms with Crippen LogP contribution in [0.1, 0.15) is 323 Å². The van der Waals surface area contributed by atoms with Gasteiger partial charge in [0.1, 0.15) is 13.2 Å². The Labute approximate surface area is 411 Å². The summed E-state index contributed by atoms with van der Waals surface area (Å²) in [7, 11) is 0. The Morgan fingerprint density at radius 3 is 0.818 bits per heavy atom. The van der Waals surface area contributed by atoms with E-state index in [1.54, 1.807) is 0 Å². The minimum Gasteiger partial charge on any atom is -0.462 e. The number of esters is 3. The average Bonchev–Trinajstić information content (AvgIpc) is 3.31. The highest BCUT2D eigenvalue weighted by Gasteiger charge is 2.19. The van der Waals surface area contributed by atoms with E-state index < -0.39 is 6.10 Å². The molecule has 66 heavy (non-hydrogen) atoms. The Kier molecular flexibility index (Phi) is 53.7. The molecule has 0 N–H and O–H groups in total. The van der Waals surface area contributed by atoms with E-state index in [-0.39, 0.29) is 31.1 Å². The largest absolute Gasteiger partial charge is 0.462 e. The summed E-state index contributed by atoms with van der Waals surface area (Å²) in [5, 5.41) is 0. The van der Waals surface area contributed by atoms with E-state index in [1.165, 1.54) is 212 Å². The second-order valence-electron chi connectivity index (χ2n) is 19.9. The first-order chi connectivity index (χ1) is 32.5. The van der Waals surface area contributed by atoms with Crippen LogP contribution < -0.4 is 0 Å². The fraction of sp³-hybridized carbons (Fsp3) is 0.883. The lowest BCUT2D eigenvalue weighted by molar-refractivity contribution is -0.167. The minimum atomic E-state index is -0.771. The molecular weight excluding hydrogens is 817 g/mol. The van der Waals surface area contributed by atoms with Gasteiger partial charge in [-0.15, -0.1) is 0 Å². The van der Waals surface area contributed by atoms with E-state index in [0.717, 1.165) is 70.6 Å². The summed E-state index contributed by atoms with van der Waals surface area (Å²) in [6.45, 7) is 6.62. The van der Waals surface area contributed by atoms with Crippen LogP contribution in [0.25, 0.3) is 0 Å². The van der Waals surface area contributed by atoms with E-state index in [1.807, 2.05) is 0 Å². The molecule has 0 amide bonds. The number of rotatable bonds is 54. The standard InChI is InChI=1S/C60H112O6/c1-4-7-10-13-16-19-22-24-26-28-29-30-31-33-34-36-38-41-44-47-50-53-59(62)65-56-57(55-64-58(61)52-49-46-43-40-21-18-15-12-9-6-3)66-60(63)54-51-48-45-42-39-37-35-32-27-25-23-20-17-14-11-8-5-2/h12,15,28-29,57H,4-11,13-14,16-27,30-56H2,1-3H3/b15-12-,29-28-. The monoisotopic (exact) mass is 929 g/mol. The molecule has 0 fully saturated rings. The molecule has 0 bridgehead atoms. The van der Waals surface area contributed by atoms with Crippen molar-refractivity contribution < 1.29 is 28.6 Å². The molecule has 0 aliphatic heterocycles. The number of unbranched alkanes of at least 4 members (excludes halogenated alkanes) is 39. The van der Waals surface area contributed by atoms with Crippen LogP contribution in [-0.2, 0) is 28.6 Å². The molecule has 0 heterocycles. The average molecular weight is 930 g/mol. The lowest BCUT2D eigenvalue weighted by Gasteiger charge is -2.18. The molecule has 0 radical (unpaired) electrons. The highest BCUT2D eigenvalue weighted by molar-refractivity contribution is 5.71. The molecule has 0 rings (SSSR count). The van der Waals surface area contributed by atoms with Gasteiger partial charge in [-0.2, -0.15) is 0 Å². The van der Waals surface area contributed by atoms with E-state index in [9.17, 15) is 14.4 Å². The summed E-state index contributed by atoms with van der Waals surface area (Å²) >= 11 is 0. The van der Waals surface area contributed by atoms with Crippen LogP contribution in [0.5, 0.6) is 0 Å². The Morgan fingerprint density at radius 1 is 0.288 bits per heavy atom. The van der Waals surface area contributed by atoms with Crippen LogP contribution in [0.3, 0.4) is 0 Å². The Balaban J connectivity index is 4.24. The zero-order valence-corrected chi connectivity index (χ0v) is 44.5. The van der Waals surface area contributed by atoms with E-state index >= 15 is 0 Å². The second-order valence-corrected chi connectivity index (χ2v) is 19.9. The first-order valence-corrected chi connectivity index (χ1v) is 29.3. The summed E-state index contributed by atoms with van der Waals surface area (Å²) in [5.74, 6) is -0.864. The highest BCUT2D eigenvalue weighted by atomic mass is 16.6. The van der Waals surface area contributed by atoms with Crippen molar-refractivity contribution in [1.29, 1.82) is 0 Å². The summed E-state index contributed by atoms with van der Waals surface area (Å²) in [4.78, 5) is 38.1. The third-order valence-electron chi connectivity index (χ3n) is 13.2. The van der Waals surface area contributed by atoms with Crippen molar-refractivity contribution in [3.63, 3.8) is 0 Å². The van der Waals surface area contributed by atoms with Crippen molar-refractivity contribution in [1.82, 2.24) is 0 Å². The molecule has 0 aromatic rings. The van der Waals surface area contributed by atoms with Gasteiger partial charge < -0.3 is 14.2 Å². The summed E-state index contributed by atoms with van der Waals surface area (Å²) < 4.78 is 16.8. The van der Waals surface area contributed by atoms with Crippen LogP contribution in [-0.4, -0.2) is 37.2 Å². The quantitative estimate of drug-likeness (QED) is 0.0262. The number of ether oxygens (including phenoxy) is 3. The van der Waals surface area contributed by atoms with Crippen molar-refractivity contribution >= 4 is 17.9 Å². The maximum absolute atomic E-state index is 12.8. The molecule has 0 aromatic heterocycles. The normalized spacial score (nSPS) is 12.1. The predicted octanol–water partition coefficient (Wildman–Crippen LogP) is 19.5. The molecule has 0 aromatic carbocycles. The molecule has 0 aliphatic carbocycles. The zero-order chi connectivity index (χ0) is 47.9. The minimum absolute atomic E-state index is 0.0708. The van der Waals surface area contributed by atoms with Crippen LogP contribution in [0, 0.1) is 0 Å². The fourth-order valence-electron chi connectivity index (χ4n) is 8.74. The smallest absolute Gasteiger partial charge is 0.306 e. The molecule has 0 saturated heterocycles. The van der Waals surface area contributed by atoms with E-state index in [0.29, 0.717) is 19.3 Å². The zero-order valence-electron chi connectivity index (χ0n) is 44.5. The summed E-state index contributed by atoms with van der Waals surface area (Å²) in [5.41, 5.74) is 0. The van der Waals surface area contributed by atoms with Gasteiger partial charge in [-0.1, -0.05) is 263 Å². The van der Waals surface area contributed by atoms with Crippen LogP contribution in [0.4, 0.5) is 0 Å². The van der Waals surface area contributed by atoms with Gasteiger partial charge in [0.25, 0.3) is 0 Å². The van der Waals surface area contributed by atoms with Crippen molar-refractivity contribution in [2.75, 3.05) is 13.2 Å². The first-order valence-electron chi connectivity index (χ1n) is 29.3. The fourth-order valence-corrected chi connectivity index (χ4v) is 8.74. The number of hydrogen-bond donors (Lipinski definition) is 0. The molecule has 0 aliphatic rings. The third kappa shape index (κ3) is 52.9. The molecule has 6 heteroatoms. The van der Waals surface area contributed by atoms with E-state index in [2.05, 4.69) is 45.1 Å². The van der Waals surface area contributed by atoms with Gasteiger partial charge in [0.15, 0.2) is 6.10 Å². The van der Waals surface area contributed by atoms with Crippen LogP contribution in [0.2, 0.25) is 0 Å². The Bertz CT molecular complexity index is 1070. The van der Waals surface area contributed by atoms with Gasteiger partial charge in [0.05, 0.1) is 0 Å². The second kappa shape index (κ2) is 55.5. The number of carbonyl (C=O) groups is 3.